The van der Waals surface area contributed by atoms with Crippen molar-refractivity contribution >= 4 is 11.3 Å². The highest BCUT2D eigenvalue weighted by Gasteiger charge is 2.02. The van der Waals surface area contributed by atoms with Crippen molar-refractivity contribution in [2.45, 2.75) is 6.54 Å². The normalized spacial score (nSPS) is 10.7. The summed E-state index contributed by atoms with van der Waals surface area (Å²) in [4.78, 5) is 4.25. The SMILES string of the molecule is Fc1cccc(CNc2nccn3nccc23)c1. The molecule has 5 heteroatoms. The Morgan fingerprint density at radius 2 is 2.17 bits per heavy atom. The quantitative estimate of drug-likeness (QED) is 0.767. The van der Waals surface area contributed by atoms with E-state index in [0.29, 0.717) is 6.54 Å². The molecule has 0 amide bonds. The lowest BCUT2D eigenvalue weighted by Crippen LogP contribution is -2.03. The molecule has 1 N–H and O–H groups in total. The van der Waals surface area contributed by atoms with Gasteiger partial charge in [-0.2, -0.15) is 5.10 Å². The average Bonchev–Trinajstić information content (AvgIpc) is 2.85. The number of fused-ring (bicyclic) bond motifs is 1. The second kappa shape index (κ2) is 4.44. The van der Waals surface area contributed by atoms with Crippen molar-refractivity contribution in [1.29, 1.82) is 0 Å². The number of nitrogens with one attached hydrogen (secondary N) is 1. The predicted octanol–water partition coefficient (Wildman–Crippen LogP) is 2.48. The Balaban J connectivity index is 1.83. The Morgan fingerprint density at radius 3 is 3.06 bits per heavy atom. The first-order valence-corrected chi connectivity index (χ1v) is 5.59. The van der Waals surface area contributed by atoms with Crippen molar-refractivity contribution in [1.82, 2.24) is 14.6 Å². The molecule has 0 radical (unpaired) electrons. The molecule has 0 unspecified atom stereocenters. The predicted molar refractivity (Wildman–Crippen MR) is 66.7 cm³/mol. The minimum Gasteiger partial charge on any atom is -0.364 e. The van der Waals surface area contributed by atoms with Gasteiger partial charge in [0.05, 0.1) is 6.20 Å². The van der Waals surface area contributed by atoms with Gasteiger partial charge in [-0.25, -0.2) is 13.9 Å². The summed E-state index contributed by atoms with van der Waals surface area (Å²) in [6.45, 7) is 0.523. The van der Waals surface area contributed by atoms with Gasteiger partial charge in [0.15, 0.2) is 5.82 Å². The van der Waals surface area contributed by atoms with E-state index in [1.165, 1.54) is 12.1 Å². The molecular formula is C13H11FN4. The van der Waals surface area contributed by atoms with Gasteiger partial charge < -0.3 is 5.32 Å². The second-order valence-electron chi connectivity index (χ2n) is 3.92. The number of aromatic nitrogens is 3. The summed E-state index contributed by atoms with van der Waals surface area (Å²) in [5.41, 5.74) is 1.77. The van der Waals surface area contributed by atoms with E-state index in [2.05, 4.69) is 15.4 Å². The maximum Gasteiger partial charge on any atom is 0.152 e. The molecule has 2 heterocycles. The van der Waals surface area contributed by atoms with Gasteiger partial charge in [0.2, 0.25) is 0 Å². The highest BCUT2D eigenvalue weighted by atomic mass is 19.1. The van der Waals surface area contributed by atoms with E-state index in [0.717, 1.165) is 16.9 Å². The Morgan fingerprint density at radius 1 is 1.22 bits per heavy atom. The maximum absolute atomic E-state index is 13.0. The Kier molecular flexibility index (Phi) is 2.64. The first-order valence-electron chi connectivity index (χ1n) is 5.59. The summed E-state index contributed by atoms with van der Waals surface area (Å²) in [5, 5.41) is 7.30. The molecule has 0 atom stereocenters. The molecule has 0 aliphatic heterocycles. The van der Waals surface area contributed by atoms with Gasteiger partial charge in [0.1, 0.15) is 11.3 Å². The van der Waals surface area contributed by atoms with Gasteiger partial charge in [-0.15, -0.1) is 0 Å². The monoisotopic (exact) mass is 242 g/mol. The van der Waals surface area contributed by atoms with Crippen LogP contribution >= 0.6 is 0 Å². The summed E-state index contributed by atoms with van der Waals surface area (Å²) in [6.07, 6.45) is 5.17. The highest BCUT2D eigenvalue weighted by molar-refractivity contribution is 5.66. The van der Waals surface area contributed by atoms with Gasteiger partial charge in [-0.1, -0.05) is 12.1 Å². The molecule has 0 aliphatic carbocycles. The molecule has 4 nitrogen and oxygen atoms in total. The van der Waals surface area contributed by atoms with Crippen LogP contribution in [0.15, 0.2) is 48.9 Å². The molecule has 0 saturated heterocycles. The van der Waals surface area contributed by atoms with Crippen molar-refractivity contribution in [2.24, 2.45) is 0 Å². The number of hydrogen-bond donors (Lipinski definition) is 1. The van der Waals surface area contributed by atoms with Crippen molar-refractivity contribution in [3.63, 3.8) is 0 Å². The number of hydrogen-bond acceptors (Lipinski definition) is 3. The largest absolute Gasteiger partial charge is 0.364 e. The van der Waals surface area contributed by atoms with E-state index in [1.54, 1.807) is 29.2 Å². The summed E-state index contributed by atoms with van der Waals surface area (Å²) >= 11 is 0. The zero-order valence-corrected chi connectivity index (χ0v) is 9.55. The van der Waals surface area contributed by atoms with Gasteiger partial charge in [0.25, 0.3) is 0 Å². The van der Waals surface area contributed by atoms with Crippen LogP contribution in [0.4, 0.5) is 10.2 Å². The van der Waals surface area contributed by atoms with Crippen LogP contribution in [0.3, 0.4) is 0 Å². The number of benzene rings is 1. The summed E-state index contributed by atoms with van der Waals surface area (Å²) < 4.78 is 14.8. The molecule has 90 valence electrons. The van der Waals surface area contributed by atoms with Crippen LogP contribution in [0.25, 0.3) is 5.52 Å². The minimum atomic E-state index is -0.232. The van der Waals surface area contributed by atoms with E-state index in [4.69, 9.17) is 0 Å². The van der Waals surface area contributed by atoms with Crippen molar-refractivity contribution in [3.05, 3.63) is 60.3 Å². The standard InChI is InChI=1S/C13H11FN4/c14-11-3-1-2-10(8-11)9-16-13-12-4-5-17-18(12)7-6-15-13/h1-8H,9H2,(H,15,16). The Labute approximate surface area is 103 Å². The zero-order chi connectivity index (χ0) is 12.4. The second-order valence-corrected chi connectivity index (χ2v) is 3.92. The molecular weight excluding hydrogens is 231 g/mol. The van der Waals surface area contributed by atoms with Gasteiger partial charge in [0, 0.05) is 18.9 Å². The molecule has 3 aromatic rings. The van der Waals surface area contributed by atoms with E-state index in [-0.39, 0.29) is 5.82 Å². The van der Waals surface area contributed by atoms with Gasteiger partial charge in [-0.3, -0.25) is 0 Å². The van der Waals surface area contributed by atoms with Crippen LogP contribution in [0.2, 0.25) is 0 Å². The van der Waals surface area contributed by atoms with E-state index in [1.807, 2.05) is 12.1 Å². The van der Waals surface area contributed by atoms with Crippen LogP contribution in [-0.2, 0) is 6.54 Å². The fourth-order valence-electron chi connectivity index (χ4n) is 1.83. The third kappa shape index (κ3) is 2.02. The molecule has 0 bridgehead atoms. The van der Waals surface area contributed by atoms with E-state index < -0.39 is 0 Å². The molecule has 1 aromatic carbocycles. The summed E-state index contributed by atoms with van der Waals surface area (Å²) in [5.74, 6) is 0.504. The summed E-state index contributed by atoms with van der Waals surface area (Å²) in [7, 11) is 0. The topological polar surface area (TPSA) is 42.2 Å². The van der Waals surface area contributed by atoms with E-state index in [9.17, 15) is 4.39 Å². The average molecular weight is 242 g/mol. The van der Waals surface area contributed by atoms with Gasteiger partial charge in [-0.05, 0) is 23.8 Å². The third-order valence-corrected chi connectivity index (χ3v) is 2.67. The van der Waals surface area contributed by atoms with Crippen LogP contribution in [0.5, 0.6) is 0 Å². The van der Waals surface area contributed by atoms with Crippen LogP contribution in [0, 0.1) is 5.82 Å². The van der Waals surface area contributed by atoms with Crippen molar-refractivity contribution < 1.29 is 4.39 Å². The lowest BCUT2D eigenvalue weighted by atomic mass is 10.2. The molecule has 2 aromatic heterocycles. The number of nitrogens with zero attached hydrogens (tertiary/aromatic N) is 3. The number of halogens is 1. The maximum atomic E-state index is 13.0. The van der Waals surface area contributed by atoms with Crippen molar-refractivity contribution in [2.75, 3.05) is 5.32 Å². The van der Waals surface area contributed by atoms with Crippen LogP contribution < -0.4 is 5.32 Å². The summed E-state index contributed by atoms with van der Waals surface area (Å²) in [6, 6.07) is 8.37. The minimum absolute atomic E-state index is 0.232. The molecule has 0 aliphatic rings. The fourth-order valence-corrected chi connectivity index (χ4v) is 1.83. The molecule has 0 fully saturated rings. The Bertz CT molecular complexity index is 677. The Hall–Kier alpha value is -2.43. The molecule has 0 saturated carbocycles. The lowest BCUT2D eigenvalue weighted by Gasteiger charge is -2.07. The van der Waals surface area contributed by atoms with E-state index >= 15 is 0 Å². The first-order chi connectivity index (χ1) is 8.83. The molecule has 3 rings (SSSR count). The molecule has 18 heavy (non-hydrogen) atoms. The smallest absolute Gasteiger partial charge is 0.152 e. The van der Waals surface area contributed by atoms with Crippen LogP contribution in [0.1, 0.15) is 5.56 Å². The van der Waals surface area contributed by atoms with Crippen LogP contribution in [-0.4, -0.2) is 14.6 Å². The number of rotatable bonds is 3. The lowest BCUT2D eigenvalue weighted by molar-refractivity contribution is 0.626. The first kappa shape index (κ1) is 10.7. The number of anilines is 1. The zero-order valence-electron chi connectivity index (χ0n) is 9.55. The van der Waals surface area contributed by atoms with Crippen molar-refractivity contribution in [3.8, 4) is 0 Å². The third-order valence-electron chi connectivity index (χ3n) is 2.67. The molecule has 0 spiro atoms. The fraction of sp³-hybridized carbons (Fsp3) is 0.0769. The van der Waals surface area contributed by atoms with Gasteiger partial charge >= 0.3 is 0 Å². The highest BCUT2D eigenvalue weighted by Crippen LogP contribution is 2.13.